The summed E-state index contributed by atoms with van der Waals surface area (Å²) >= 11 is 0. The van der Waals surface area contributed by atoms with Crippen molar-refractivity contribution < 1.29 is 19.1 Å². The molecule has 6 heteroatoms. The van der Waals surface area contributed by atoms with Gasteiger partial charge in [0.15, 0.2) is 0 Å². The van der Waals surface area contributed by atoms with E-state index in [2.05, 4.69) is 10.6 Å². The number of benzene rings is 1. The fraction of sp³-hybridized carbons (Fsp3) is 0.556. The third-order valence-corrected chi connectivity index (χ3v) is 3.94. The molecular formula is C18H26N2O4. The minimum atomic E-state index is -0.423. The maximum absolute atomic E-state index is 12.1. The maximum atomic E-state index is 12.1. The van der Waals surface area contributed by atoms with Crippen molar-refractivity contribution in [2.75, 3.05) is 19.8 Å². The van der Waals surface area contributed by atoms with Crippen LogP contribution in [0.5, 0.6) is 0 Å². The first-order valence-corrected chi connectivity index (χ1v) is 8.53. The molecular weight excluding hydrogens is 308 g/mol. The van der Waals surface area contributed by atoms with Gasteiger partial charge in [0.25, 0.3) is 0 Å². The molecule has 24 heavy (non-hydrogen) atoms. The lowest BCUT2D eigenvalue weighted by molar-refractivity contribution is -0.120. The van der Waals surface area contributed by atoms with Crippen LogP contribution in [0.15, 0.2) is 30.3 Å². The first-order chi connectivity index (χ1) is 11.7. The van der Waals surface area contributed by atoms with Crippen molar-refractivity contribution in [2.45, 2.75) is 44.8 Å². The van der Waals surface area contributed by atoms with Gasteiger partial charge in [0, 0.05) is 25.4 Å². The number of alkyl carbamates (subject to hydrolysis) is 1. The number of rotatable bonds is 8. The number of nitrogens with one attached hydrogen (secondary N) is 2. The minimum absolute atomic E-state index is 0.0131. The minimum Gasteiger partial charge on any atom is -0.444 e. The van der Waals surface area contributed by atoms with E-state index in [1.165, 1.54) is 0 Å². The fourth-order valence-corrected chi connectivity index (χ4v) is 2.59. The lowest BCUT2D eigenvalue weighted by atomic mass is 10.0. The quantitative estimate of drug-likeness (QED) is 0.763. The highest BCUT2D eigenvalue weighted by molar-refractivity contribution is 5.75. The summed E-state index contributed by atoms with van der Waals surface area (Å²) < 4.78 is 10.6. The first-order valence-electron chi connectivity index (χ1n) is 8.53. The summed E-state index contributed by atoms with van der Waals surface area (Å²) in [5.74, 6) is 0.0131. The highest BCUT2D eigenvalue weighted by Crippen LogP contribution is 2.10. The van der Waals surface area contributed by atoms with Gasteiger partial charge in [-0.2, -0.15) is 0 Å². The zero-order chi connectivity index (χ0) is 17.2. The second kappa shape index (κ2) is 9.93. The predicted molar refractivity (Wildman–Crippen MR) is 90.7 cm³/mol. The van der Waals surface area contributed by atoms with Crippen LogP contribution in [0.25, 0.3) is 0 Å². The highest BCUT2D eigenvalue weighted by Gasteiger charge is 2.21. The molecule has 0 aromatic heterocycles. The standard InChI is InChI=1S/C18H26N2O4/c1-2-17(21)19-10-8-15(12-14-6-4-3-5-7-14)20-18(22)24-16-9-11-23-13-16/h3-7,15-16H,2,8-13H2,1H3,(H,19,21)(H,20,22)/t15-,16+/m1/s1. The molecule has 2 amide bonds. The van der Waals surface area contributed by atoms with Crippen LogP contribution in [0.3, 0.4) is 0 Å². The van der Waals surface area contributed by atoms with Crippen LogP contribution in [-0.2, 0) is 20.7 Å². The van der Waals surface area contributed by atoms with E-state index in [-0.39, 0.29) is 18.1 Å². The van der Waals surface area contributed by atoms with Crippen molar-refractivity contribution in [1.29, 1.82) is 0 Å². The number of hydrogen-bond acceptors (Lipinski definition) is 4. The average Bonchev–Trinajstić information content (AvgIpc) is 3.08. The second-order valence-electron chi connectivity index (χ2n) is 5.91. The van der Waals surface area contributed by atoms with E-state index in [1.807, 2.05) is 37.3 Å². The van der Waals surface area contributed by atoms with E-state index in [9.17, 15) is 9.59 Å². The molecule has 1 saturated heterocycles. The van der Waals surface area contributed by atoms with Crippen molar-refractivity contribution in [1.82, 2.24) is 10.6 Å². The Balaban J connectivity index is 1.85. The Labute approximate surface area is 142 Å². The molecule has 0 radical (unpaired) electrons. The molecule has 0 spiro atoms. The average molecular weight is 334 g/mol. The van der Waals surface area contributed by atoms with Crippen molar-refractivity contribution in [3.05, 3.63) is 35.9 Å². The molecule has 1 fully saturated rings. The van der Waals surface area contributed by atoms with Crippen molar-refractivity contribution in [3.8, 4) is 0 Å². The summed E-state index contributed by atoms with van der Waals surface area (Å²) in [5, 5.41) is 5.76. The Hall–Kier alpha value is -2.08. The van der Waals surface area contributed by atoms with E-state index in [0.29, 0.717) is 39.0 Å². The van der Waals surface area contributed by atoms with Crippen LogP contribution in [-0.4, -0.2) is 43.9 Å². The third-order valence-electron chi connectivity index (χ3n) is 3.94. The Morgan fingerprint density at radius 2 is 2.12 bits per heavy atom. The lowest BCUT2D eigenvalue weighted by Crippen LogP contribution is -2.41. The molecule has 2 rings (SSSR count). The van der Waals surface area contributed by atoms with Crippen LogP contribution in [0.4, 0.5) is 4.79 Å². The molecule has 132 valence electrons. The van der Waals surface area contributed by atoms with Crippen LogP contribution >= 0.6 is 0 Å². The predicted octanol–water partition coefficient (Wildman–Crippen LogP) is 2.03. The highest BCUT2D eigenvalue weighted by atomic mass is 16.6. The first kappa shape index (κ1) is 18.3. The normalized spacial score (nSPS) is 18.0. The molecule has 1 heterocycles. The number of amides is 2. The van der Waals surface area contributed by atoms with Gasteiger partial charge in [-0.15, -0.1) is 0 Å². The largest absolute Gasteiger partial charge is 0.444 e. The Morgan fingerprint density at radius 1 is 1.33 bits per heavy atom. The van der Waals surface area contributed by atoms with Gasteiger partial charge in [-0.1, -0.05) is 37.3 Å². The Kier molecular flexibility index (Phi) is 7.55. The van der Waals surface area contributed by atoms with Gasteiger partial charge < -0.3 is 20.1 Å². The van der Waals surface area contributed by atoms with Crippen molar-refractivity contribution in [3.63, 3.8) is 0 Å². The van der Waals surface area contributed by atoms with E-state index in [0.717, 1.165) is 12.0 Å². The van der Waals surface area contributed by atoms with Crippen LogP contribution in [0.1, 0.15) is 31.7 Å². The molecule has 1 aliphatic rings. The SMILES string of the molecule is CCC(=O)NCC[C@H](Cc1ccccc1)NC(=O)O[C@H]1CCOC1. The van der Waals surface area contributed by atoms with Gasteiger partial charge in [0.2, 0.25) is 5.91 Å². The second-order valence-corrected chi connectivity index (χ2v) is 5.91. The summed E-state index contributed by atoms with van der Waals surface area (Å²) in [6.45, 7) is 3.44. The van der Waals surface area contributed by atoms with Gasteiger partial charge in [-0.3, -0.25) is 4.79 Å². The van der Waals surface area contributed by atoms with Gasteiger partial charge >= 0.3 is 6.09 Å². The van der Waals surface area contributed by atoms with Crippen molar-refractivity contribution >= 4 is 12.0 Å². The van der Waals surface area contributed by atoms with Crippen LogP contribution < -0.4 is 10.6 Å². The Morgan fingerprint density at radius 3 is 2.79 bits per heavy atom. The third kappa shape index (κ3) is 6.58. The monoisotopic (exact) mass is 334 g/mol. The van der Waals surface area contributed by atoms with E-state index in [4.69, 9.17) is 9.47 Å². The number of carbonyl (C=O) groups is 2. The smallest absolute Gasteiger partial charge is 0.407 e. The topological polar surface area (TPSA) is 76.7 Å². The number of hydrogen-bond donors (Lipinski definition) is 2. The zero-order valence-electron chi connectivity index (χ0n) is 14.1. The van der Waals surface area contributed by atoms with Gasteiger partial charge in [-0.25, -0.2) is 4.79 Å². The van der Waals surface area contributed by atoms with E-state index in [1.54, 1.807) is 0 Å². The van der Waals surface area contributed by atoms with Crippen LogP contribution in [0.2, 0.25) is 0 Å². The van der Waals surface area contributed by atoms with E-state index < -0.39 is 6.09 Å². The molecule has 6 nitrogen and oxygen atoms in total. The molecule has 1 aromatic carbocycles. The number of ether oxygens (including phenoxy) is 2. The molecule has 0 unspecified atom stereocenters. The molecule has 0 bridgehead atoms. The molecule has 2 atom stereocenters. The summed E-state index contributed by atoms with van der Waals surface area (Å²) in [7, 11) is 0. The maximum Gasteiger partial charge on any atom is 0.407 e. The summed E-state index contributed by atoms with van der Waals surface area (Å²) in [6.07, 6.45) is 1.95. The summed E-state index contributed by atoms with van der Waals surface area (Å²) in [5.41, 5.74) is 1.13. The molecule has 0 aliphatic carbocycles. The summed E-state index contributed by atoms with van der Waals surface area (Å²) in [4.78, 5) is 23.4. The number of carbonyl (C=O) groups excluding carboxylic acids is 2. The zero-order valence-corrected chi connectivity index (χ0v) is 14.1. The molecule has 2 N–H and O–H groups in total. The van der Waals surface area contributed by atoms with Gasteiger partial charge in [0.05, 0.1) is 13.2 Å². The lowest BCUT2D eigenvalue weighted by Gasteiger charge is -2.20. The molecule has 0 saturated carbocycles. The van der Waals surface area contributed by atoms with Gasteiger partial charge in [0.1, 0.15) is 6.10 Å². The van der Waals surface area contributed by atoms with Crippen LogP contribution in [0, 0.1) is 0 Å². The summed E-state index contributed by atoms with van der Waals surface area (Å²) in [6, 6.07) is 9.85. The van der Waals surface area contributed by atoms with Crippen molar-refractivity contribution in [2.24, 2.45) is 0 Å². The Bertz CT molecular complexity index is 515. The van der Waals surface area contributed by atoms with E-state index >= 15 is 0 Å². The molecule has 1 aliphatic heterocycles. The molecule has 1 aromatic rings. The van der Waals surface area contributed by atoms with Gasteiger partial charge in [-0.05, 0) is 18.4 Å². The fourth-order valence-electron chi connectivity index (χ4n) is 2.59.